The third-order valence-corrected chi connectivity index (χ3v) is 3.33. The van der Waals surface area contributed by atoms with Crippen LogP contribution in [0.2, 0.25) is 0 Å². The molecule has 3 rings (SSSR count). The summed E-state index contributed by atoms with van der Waals surface area (Å²) >= 11 is 0. The number of anilines is 1. The lowest BCUT2D eigenvalue weighted by Gasteiger charge is -2.04. The topological polar surface area (TPSA) is 93.5 Å². The van der Waals surface area contributed by atoms with Gasteiger partial charge in [-0.2, -0.15) is 0 Å². The van der Waals surface area contributed by atoms with Crippen molar-refractivity contribution < 1.29 is 18.7 Å². The highest BCUT2D eigenvalue weighted by molar-refractivity contribution is 6.39. The molecule has 0 unspecified atom stereocenters. The molecule has 0 radical (unpaired) electrons. The molecule has 0 saturated heterocycles. The van der Waals surface area contributed by atoms with Crippen molar-refractivity contribution in [3.05, 3.63) is 54.6 Å². The van der Waals surface area contributed by atoms with Gasteiger partial charge in [0.25, 0.3) is 0 Å². The van der Waals surface area contributed by atoms with Crippen LogP contribution in [0.25, 0.3) is 11.0 Å². The summed E-state index contributed by atoms with van der Waals surface area (Å²) in [5.74, 6) is -0.389. The quantitative estimate of drug-likeness (QED) is 0.716. The van der Waals surface area contributed by atoms with E-state index < -0.39 is 11.8 Å². The lowest BCUT2D eigenvalue weighted by atomic mass is 10.2. The highest BCUT2D eigenvalue weighted by Gasteiger charge is 2.15. The van der Waals surface area contributed by atoms with Gasteiger partial charge in [0.1, 0.15) is 5.76 Å². The maximum Gasteiger partial charge on any atom is 0.313 e. The predicted molar refractivity (Wildman–Crippen MR) is 87.5 cm³/mol. The standard InChI is InChI=1S/C17H15N3O4/c1-23-14-6-2-4-11-8-13(24-15(11)14)10-19-16(21)17(22)20-12-5-3-7-18-9-12/h2-9H,10H2,1H3,(H,19,21)(H,20,22). The van der Waals surface area contributed by atoms with Gasteiger partial charge >= 0.3 is 11.8 Å². The number of amides is 2. The highest BCUT2D eigenvalue weighted by atomic mass is 16.5. The average molecular weight is 325 g/mol. The Labute approximate surface area is 137 Å². The predicted octanol–water partition coefficient (Wildman–Crippen LogP) is 2.09. The Kier molecular flexibility index (Phi) is 4.42. The van der Waals surface area contributed by atoms with Gasteiger partial charge in [0.15, 0.2) is 11.3 Å². The molecular formula is C17H15N3O4. The van der Waals surface area contributed by atoms with E-state index in [0.29, 0.717) is 22.8 Å². The number of carbonyl (C=O) groups excluding carboxylic acids is 2. The second-order valence-electron chi connectivity index (χ2n) is 4.97. The molecular weight excluding hydrogens is 310 g/mol. The number of carbonyl (C=O) groups is 2. The minimum Gasteiger partial charge on any atom is -0.493 e. The number of ether oxygens (including phenoxy) is 1. The van der Waals surface area contributed by atoms with E-state index in [4.69, 9.17) is 9.15 Å². The molecule has 122 valence electrons. The average Bonchev–Trinajstić information content (AvgIpc) is 3.03. The van der Waals surface area contributed by atoms with Gasteiger partial charge in [-0.25, -0.2) is 0 Å². The van der Waals surface area contributed by atoms with E-state index in [1.165, 1.54) is 6.20 Å². The number of aromatic nitrogens is 1. The van der Waals surface area contributed by atoms with Crippen molar-refractivity contribution in [2.45, 2.75) is 6.54 Å². The van der Waals surface area contributed by atoms with Crippen LogP contribution in [0.15, 0.2) is 53.2 Å². The summed E-state index contributed by atoms with van der Waals surface area (Å²) in [6, 6.07) is 10.6. The van der Waals surface area contributed by atoms with Crippen LogP contribution in [0.5, 0.6) is 5.75 Å². The molecule has 2 aromatic heterocycles. The molecule has 0 saturated carbocycles. The number of nitrogens with one attached hydrogen (secondary N) is 2. The van der Waals surface area contributed by atoms with Crippen LogP contribution in [0.3, 0.4) is 0 Å². The maximum absolute atomic E-state index is 11.8. The van der Waals surface area contributed by atoms with Crippen molar-refractivity contribution in [1.29, 1.82) is 0 Å². The van der Waals surface area contributed by atoms with Gasteiger partial charge in [-0.3, -0.25) is 14.6 Å². The van der Waals surface area contributed by atoms with Crippen LogP contribution in [0, 0.1) is 0 Å². The van der Waals surface area contributed by atoms with Gasteiger partial charge in [-0.05, 0) is 24.3 Å². The molecule has 24 heavy (non-hydrogen) atoms. The Morgan fingerprint density at radius 2 is 2.08 bits per heavy atom. The molecule has 7 nitrogen and oxygen atoms in total. The fourth-order valence-corrected chi connectivity index (χ4v) is 2.21. The van der Waals surface area contributed by atoms with Crippen molar-refractivity contribution in [3.8, 4) is 5.75 Å². The van der Waals surface area contributed by atoms with Gasteiger partial charge in [0.05, 0.1) is 25.5 Å². The van der Waals surface area contributed by atoms with E-state index in [2.05, 4.69) is 15.6 Å². The molecule has 0 fully saturated rings. The van der Waals surface area contributed by atoms with E-state index in [1.54, 1.807) is 37.6 Å². The van der Waals surface area contributed by atoms with Crippen molar-refractivity contribution >= 4 is 28.5 Å². The molecule has 0 aliphatic carbocycles. The Hall–Kier alpha value is -3.35. The monoisotopic (exact) mass is 325 g/mol. The molecule has 0 aliphatic rings. The lowest BCUT2D eigenvalue weighted by molar-refractivity contribution is -0.136. The van der Waals surface area contributed by atoms with Gasteiger partial charge in [-0.15, -0.1) is 0 Å². The second-order valence-corrected chi connectivity index (χ2v) is 4.97. The molecule has 7 heteroatoms. The first-order valence-corrected chi connectivity index (χ1v) is 7.22. The van der Waals surface area contributed by atoms with Crippen molar-refractivity contribution in [2.24, 2.45) is 0 Å². The zero-order valence-corrected chi connectivity index (χ0v) is 12.9. The Morgan fingerprint density at radius 3 is 2.83 bits per heavy atom. The number of nitrogens with zero attached hydrogens (tertiary/aromatic N) is 1. The number of para-hydroxylation sites is 1. The Morgan fingerprint density at radius 1 is 1.21 bits per heavy atom. The largest absolute Gasteiger partial charge is 0.493 e. The van der Waals surface area contributed by atoms with Crippen molar-refractivity contribution in [1.82, 2.24) is 10.3 Å². The summed E-state index contributed by atoms with van der Waals surface area (Å²) < 4.78 is 10.9. The zero-order valence-electron chi connectivity index (χ0n) is 12.9. The molecule has 2 N–H and O–H groups in total. The van der Waals surface area contributed by atoms with Gasteiger partial charge < -0.3 is 19.8 Å². The van der Waals surface area contributed by atoms with E-state index in [9.17, 15) is 9.59 Å². The van der Waals surface area contributed by atoms with E-state index in [0.717, 1.165) is 5.39 Å². The van der Waals surface area contributed by atoms with Gasteiger partial charge in [0, 0.05) is 11.6 Å². The molecule has 3 aromatic rings. The van der Waals surface area contributed by atoms with Gasteiger partial charge in [0.2, 0.25) is 0 Å². The van der Waals surface area contributed by atoms with Crippen LogP contribution in [0.1, 0.15) is 5.76 Å². The second kappa shape index (κ2) is 6.82. The van der Waals surface area contributed by atoms with Crippen LogP contribution in [-0.2, 0) is 16.1 Å². The number of pyridine rings is 1. The molecule has 0 spiro atoms. The fourth-order valence-electron chi connectivity index (χ4n) is 2.21. The molecule has 0 atom stereocenters. The summed E-state index contributed by atoms with van der Waals surface area (Å²) in [4.78, 5) is 27.5. The fraction of sp³-hybridized carbons (Fsp3) is 0.118. The maximum atomic E-state index is 11.8. The van der Waals surface area contributed by atoms with Crippen LogP contribution in [0.4, 0.5) is 5.69 Å². The van der Waals surface area contributed by atoms with Crippen LogP contribution in [-0.4, -0.2) is 23.9 Å². The Bertz CT molecular complexity index is 874. The normalized spacial score (nSPS) is 10.4. The van der Waals surface area contributed by atoms with E-state index in [1.807, 2.05) is 12.1 Å². The number of fused-ring (bicyclic) bond motifs is 1. The van der Waals surface area contributed by atoms with E-state index in [-0.39, 0.29) is 6.54 Å². The molecule has 2 heterocycles. The Balaban J connectivity index is 1.63. The molecule has 1 aromatic carbocycles. The summed E-state index contributed by atoms with van der Waals surface area (Å²) in [6.45, 7) is 0.0944. The number of methoxy groups -OCH3 is 1. The number of hydrogen-bond acceptors (Lipinski definition) is 5. The number of benzene rings is 1. The molecule has 0 aliphatic heterocycles. The van der Waals surface area contributed by atoms with Gasteiger partial charge in [-0.1, -0.05) is 12.1 Å². The van der Waals surface area contributed by atoms with Crippen LogP contribution < -0.4 is 15.4 Å². The highest BCUT2D eigenvalue weighted by Crippen LogP contribution is 2.28. The SMILES string of the molecule is COc1cccc2cc(CNC(=O)C(=O)Nc3cccnc3)oc12. The molecule has 0 bridgehead atoms. The summed E-state index contributed by atoms with van der Waals surface area (Å²) in [6.07, 6.45) is 3.03. The number of furan rings is 1. The lowest BCUT2D eigenvalue weighted by Crippen LogP contribution is -2.34. The summed E-state index contributed by atoms with van der Waals surface area (Å²) in [5.41, 5.74) is 1.05. The first-order valence-electron chi connectivity index (χ1n) is 7.22. The van der Waals surface area contributed by atoms with Crippen LogP contribution >= 0.6 is 0 Å². The first-order chi connectivity index (χ1) is 11.7. The third kappa shape index (κ3) is 3.35. The van der Waals surface area contributed by atoms with E-state index >= 15 is 0 Å². The smallest absolute Gasteiger partial charge is 0.313 e. The zero-order chi connectivity index (χ0) is 16.9. The molecule has 2 amide bonds. The number of hydrogen-bond donors (Lipinski definition) is 2. The van der Waals surface area contributed by atoms with Crippen molar-refractivity contribution in [3.63, 3.8) is 0 Å². The third-order valence-electron chi connectivity index (χ3n) is 3.33. The minimum atomic E-state index is -0.767. The minimum absolute atomic E-state index is 0.0944. The van der Waals surface area contributed by atoms with Crippen molar-refractivity contribution in [2.75, 3.05) is 12.4 Å². The summed E-state index contributed by atoms with van der Waals surface area (Å²) in [5, 5.41) is 5.83. The first kappa shape index (κ1) is 15.5. The number of rotatable bonds is 4. The summed E-state index contributed by atoms with van der Waals surface area (Å²) in [7, 11) is 1.56.